The van der Waals surface area contributed by atoms with Crippen LogP contribution in [-0.4, -0.2) is 40.6 Å². The number of halogens is 1. The Morgan fingerprint density at radius 1 is 1.57 bits per heavy atom. The highest BCUT2D eigenvalue weighted by atomic mass is 19.1. The molecule has 0 aromatic rings. The lowest BCUT2D eigenvalue weighted by molar-refractivity contribution is -0.109. The van der Waals surface area contributed by atoms with E-state index in [-0.39, 0.29) is 6.42 Å². The van der Waals surface area contributed by atoms with Gasteiger partial charge in [0.1, 0.15) is 13.0 Å². The van der Waals surface area contributed by atoms with E-state index < -0.39 is 24.3 Å². The van der Waals surface area contributed by atoms with E-state index in [1.165, 1.54) is 0 Å². The van der Waals surface area contributed by atoms with E-state index in [0.29, 0.717) is 6.29 Å². The molecule has 0 aliphatic rings. The van der Waals surface area contributed by atoms with Gasteiger partial charge in [0.2, 0.25) is 0 Å². The third-order valence-corrected chi connectivity index (χ3v) is 1.84. The maximum atomic E-state index is 12.5. The van der Waals surface area contributed by atoms with Gasteiger partial charge in [-0.25, -0.2) is 9.18 Å². The van der Waals surface area contributed by atoms with Crippen LogP contribution in [0.1, 0.15) is 27.2 Å². The van der Waals surface area contributed by atoms with Gasteiger partial charge in [-0.2, -0.15) is 0 Å². The molecule has 0 radical (unpaired) electrons. The molecule has 0 heterocycles. The molecule has 5 heteroatoms. The Kier molecular flexibility index (Phi) is 4.53. The van der Waals surface area contributed by atoms with Gasteiger partial charge in [0.05, 0.1) is 6.04 Å². The number of aldehydes is 1. The van der Waals surface area contributed by atoms with Gasteiger partial charge in [0.15, 0.2) is 0 Å². The van der Waals surface area contributed by atoms with Gasteiger partial charge in [-0.05, 0) is 20.8 Å². The molecule has 82 valence electrons. The molecule has 1 atom stereocenters. The summed E-state index contributed by atoms with van der Waals surface area (Å²) in [6.07, 6.45) is -0.784. The van der Waals surface area contributed by atoms with Gasteiger partial charge in [-0.15, -0.1) is 0 Å². The topological polar surface area (TPSA) is 57.6 Å². The SMILES string of the molecule is CC(C)(C)N(C(=O)O)C(CF)CC=O. The van der Waals surface area contributed by atoms with Crippen molar-refractivity contribution in [3.8, 4) is 0 Å². The zero-order valence-electron chi connectivity index (χ0n) is 8.66. The van der Waals surface area contributed by atoms with Crippen molar-refractivity contribution >= 4 is 12.4 Å². The quantitative estimate of drug-likeness (QED) is 0.710. The molecule has 0 aliphatic carbocycles. The van der Waals surface area contributed by atoms with E-state index in [2.05, 4.69) is 0 Å². The van der Waals surface area contributed by atoms with Crippen molar-refractivity contribution < 1.29 is 19.1 Å². The van der Waals surface area contributed by atoms with Gasteiger partial charge in [-0.1, -0.05) is 0 Å². The van der Waals surface area contributed by atoms with Crippen molar-refractivity contribution in [3.63, 3.8) is 0 Å². The Labute approximate surface area is 82.7 Å². The standard InChI is InChI=1S/C9H16FNO3/c1-9(2,3)11(8(13)14)7(6-10)4-5-12/h5,7H,4,6H2,1-3H3,(H,13,14). The molecule has 0 saturated heterocycles. The Hall–Kier alpha value is -1.13. The number of hydrogen-bond donors (Lipinski definition) is 1. The van der Waals surface area contributed by atoms with Crippen molar-refractivity contribution in [2.75, 3.05) is 6.67 Å². The smallest absolute Gasteiger partial charge is 0.408 e. The Bertz CT molecular complexity index is 213. The zero-order chi connectivity index (χ0) is 11.4. The first kappa shape index (κ1) is 12.9. The minimum atomic E-state index is -1.21. The Balaban J connectivity index is 4.78. The molecule has 4 nitrogen and oxygen atoms in total. The summed E-state index contributed by atoms with van der Waals surface area (Å²) in [7, 11) is 0. The number of carboxylic acid groups (broad SMARTS) is 1. The van der Waals surface area contributed by atoms with Crippen molar-refractivity contribution in [2.45, 2.75) is 38.8 Å². The van der Waals surface area contributed by atoms with Gasteiger partial charge >= 0.3 is 6.09 Å². The van der Waals surface area contributed by atoms with Gasteiger partial charge in [0, 0.05) is 12.0 Å². The molecule has 0 fully saturated rings. The lowest BCUT2D eigenvalue weighted by Crippen LogP contribution is -2.52. The number of carbonyl (C=O) groups excluding carboxylic acids is 1. The number of amides is 1. The average molecular weight is 205 g/mol. The Morgan fingerprint density at radius 3 is 2.29 bits per heavy atom. The van der Waals surface area contributed by atoms with Crippen molar-refractivity contribution in [3.05, 3.63) is 0 Å². The van der Waals surface area contributed by atoms with Crippen LogP contribution >= 0.6 is 0 Å². The van der Waals surface area contributed by atoms with Crippen molar-refractivity contribution in [2.24, 2.45) is 0 Å². The first-order valence-electron chi connectivity index (χ1n) is 4.36. The van der Waals surface area contributed by atoms with Crippen LogP contribution < -0.4 is 0 Å². The van der Waals surface area contributed by atoms with Gasteiger partial charge < -0.3 is 9.90 Å². The van der Waals surface area contributed by atoms with E-state index in [9.17, 15) is 14.0 Å². The van der Waals surface area contributed by atoms with Crippen molar-refractivity contribution in [1.82, 2.24) is 4.90 Å². The summed E-state index contributed by atoms with van der Waals surface area (Å²) in [5, 5.41) is 8.88. The molecule has 0 aromatic carbocycles. The summed E-state index contributed by atoms with van der Waals surface area (Å²) in [6.45, 7) is 4.14. The maximum Gasteiger partial charge on any atom is 0.408 e. The fourth-order valence-electron chi connectivity index (χ4n) is 1.34. The maximum absolute atomic E-state index is 12.5. The molecule has 14 heavy (non-hydrogen) atoms. The van der Waals surface area contributed by atoms with E-state index in [0.717, 1.165) is 4.90 Å². The molecule has 1 N–H and O–H groups in total. The van der Waals surface area contributed by atoms with E-state index >= 15 is 0 Å². The van der Waals surface area contributed by atoms with Crippen LogP contribution in [0.15, 0.2) is 0 Å². The highest BCUT2D eigenvalue weighted by Gasteiger charge is 2.32. The van der Waals surface area contributed by atoms with E-state index in [1.807, 2.05) is 0 Å². The minimum Gasteiger partial charge on any atom is -0.465 e. The minimum absolute atomic E-state index is 0.111. The molecule has 1 amide bonds. The fraction of sp³-hybridized carbons (Fsp3) is 0.778. The summed E-state index contributed by atoms with van der Waals surface area (Å²) in [5.74, 6) is 0. The first-order chi connectivity index (χ1) is 6.34. The predicted molar refractivity (Wildman–Crippen MR) is 50.1 cm³/mol. The van der Waals surface area contributed by atoms with Crippen LogP contribution in [0.3, 0.4) is 0 Å². The molecular weight excluding hydrogens is 189 g/mol. The van der Waals surface area contributed by atoms with Crippen LogP contribution in [0.25, 0.3) is 0 Å². The number of nitrogens with zero attached hydrogens (tertiary/aromatic N) is 1. The van der Waals surface area contributed by atoms with Crippen LogP contribution in [-0.2, 0) is 4.79 Å². The number of hydrogen-bond acceptors (Lipinski definition) is 2. The third-order valence-electron chi connectivity index (χ3n) is 1.84. The summed E-state index contributed by atoms with van der Waals surface area (Å²) < 4.78 is 12.5. The third kappa shape index (κ3) is 3.32. The van der Waals surface area contributed by atoms with Gasteiger partial charge in [0.25, 0.3) is 0 Å². The Morgan fingerprint density at radius 2 is 2.07 bits per heavy atom. The second-order valence-corrected chi connectivity index (χ2v) is 4.03. The lowest BCUT2D eigenvalue weighted by atomic mass is 10.0. The second-order valence-electron chi connectivity index (χ2n) is 4.03. The highest BCUT2D eigenvalue weighted by molar-refractivity contribution is 5.67. The zero-order valence-corrected chi connectivity index (χ0v) is 8.66. The summed E-state index contributed by atoms with van der Waals surface area (Å²) in [5.41, 5.74) is -0.703. The molecule has 0 rings (SSSR count). The van der Waals surface area contributed by atoms with Crippen LogP contribution in [0.4, 0.5) is 9.18 Å². The van der Waals surface area contributed by atoms with Crippen LogP contribution in [0.2, 0.25) is 0 Å². The molecule has 0 bridgehead atoms. The second kappa shape index (κ2) is 4.93. The number of alkyl halides is 1. The lowest BCUT2D eigenvalue weighted by Gasteiger charge is -2.37. The molecule has 0 saturated carbocycles. The van der Waals surface area contributed by atoms with Crippen LogP contribution in [0.5, 0.6) is 0 Å². The molecule has 1 unspecified atom stereocenters. The number of carbonyl (C=O) groups is 2. The average Bonchev–Trinajstić information content (AvgIpc) is 2.00. The highest BCUT2D eigenvalue weighted by Crippen LogP contribution is 2.19. The van der Waals surface area contributed by atoms with Crippen molar-refractivity contribution in [1.29, 1.82) is 0 Å². The first-order valence-corrected chi connectivity index (χ1v) is 4.36. The summed E-state index contributed by atoms with van der Waals surface area (Å²) >= 11 is 0. The number of rotatable bonds is 4. The van der Waals surface area contributed by atoms with Gasteiger partial charge in [-0.3, -0.25) is 4.90 Å². The molecule has 0 spiro atoms. The van der Waals surface area contributed by atoms with E-state index in [1.54, 1.807) is 20.8 Å². The monoisotopic (exact) mass is 205 g/mol. The largest absolute Gasteiger partial charge is 0.465 e. The normalized spacial score (nSPS) is 13.4. The van der Waals surface area contributed by atoms with Crippen LogP contribution in [0, 0.1) is 0 Å². The molecule has 0 aromatic heterocycles. The fourth-order valence-corrected chi connectivity index (χ4v) is 1.34. The summed E-state index contributed by atoms with van der Waals surface area (Å²) in [6, 6.07) is -0.884. The predicted octanol–water partition coefficient (Wildman–Crippen LogP) is 1.69. The summed E-state index contributed by atoms with van der Waals surface area (Å²) in [4.78, 5) is 22.1. The van der Waals surface area contributed by atoms with E-state index in [4.69, 9.17) is 5.11 Å². The molecule has 0 aliphatic heterocycles. The molecular formula is C9H16FNO3.